The zero-order chi connectivity index (χ0) is 3.58. The van der Waals surface area contributed by atoms with Gasteiger partial charge in [-0.2, -0.15) is 0 Å². The fraction of sp³-hybridized carbons (Fsp3) is 0. The van der Waals surface area contributed by atoms with Crippen LogP contribution in [0.4, 0.5) is 4.79 Å². The van der Waals surface area contributed by atoms with Crippen LogP contribution >= 0.6 is 0 Å². The summed E-state index contributed by atoms with van der Waals surface area (Å²) in [7, 11) is 0. The molecule has 0 heterocycles. The van der Waals surface area contributed by atoms with Crippen molar-refractivity contribution in [2.45, 2.75) is 0 Å². The van der Waals surface area contributed by atoms with Gasteiger partial charge in [0.05, 0.1) is 0 Å². The molecule has 0 bridgehead atoms. The van der Waals surface area contributed by atoms with E-state index in [0.717, 1.165) is 0 Å². The predicted molar refractivity (Wildman–Crippen MR) is 11.8 cm³/mol. The van der Waals surface area contributed by atoms with E-state index in [1.54, 1.807) is 0 Å². The number of rotatable bonds is 0. The standard InChI is InChI=1S/CH2O3.Co.Fe.Li.Ni.H/c2-1(3)4;;;;;/h(H2,2,3,4);;;;;/q;;;+1;;-1. The summed E-state index contributed by atoms with van der Waals surface area (Å²) >= 11 is 0. The van der Waals surface area contributed by atoms with E-state index in [0.29, 0.717) is 0 Å². The largest absolute Gasteiger partial charge is 1.00 e. The molecule has 1 radical (unpaired) electrons. The molecule has 3 nitrogen and oxygen atoms in total. The minimum absolute atomic E-state index is 0. The molecule has 0 spiro atoms. The molecular formula is CH3CoFeLiNiO3. The SMILES string of the molecule is O=C(O)O.[Co].[Fe].[H-].[Li+].[Ni]. The summed E-state index contributed by atoms with van der Waals surface area (Å²) < 4.78 is 0. The van der Waals surface area contributed by atoms with Gasteiger partial charge < -0.3 is 11.6 Å². The second kappa shape index (κ2) is 23.8. The molecule has 0 atom stereocenters. The molecule has 0 unspecified atom stereocenters. The summed E-state index contributed by atoms with van der Waals surface area (Å²) in [6.45, 7) is 0. The van der Waals surface area contributed by atoms with Crippen molar-refractivity contribution in [2.75, 3.05) is 0 Å². The van der Waals surface area contributed by atoms with Crippen LogP contribution in [-0.2, 0) is 50.3 Å². The van der Waals surface area contributed by atoms with E-state index in [2.05, 4.69) is 0 Å². The van der Waals surface area contributed by atoms with Crippen molar-refractivity contribution < 1.29 is 85.6 Å². The van der Waals surface area contributed by atoms with Gasteiger partial charge in [-0.3, -0.25) is 0 Å². The smallest absolute Gasteiger partial charge is 1.00 e. The van der Waals surface area contributed by atoms with E-state index in [1.165, 1.54) is 0 Å². The number of carboxylic acid groups (broad SMARTS) is 2. The Morgan fingerprint density at radius 1 is 1.38 bits per heavy atom. The van der Waals surface area contributed by atoms with Crippen molar-refractivity contribution in [3.05, 3.63) is 0 Å². The van der Waals surface area contributed by atoms with E-state index in [9.17, 15) is 0 Å². The molecule has 53 valence electrons. The average Bonchev–Trinajstić information content (AvgIpc) is 0.811. The first-order chi connectivity index (χ1) is 1.73. The Labute approximate surface area is 91.2 Å². The fourth-order valence-electron chi connectivity index (χ4n) is 0. The molecule has 0 aliphatic carbocycles. The topological polar surface area (TPSA) is 57.5 Å². The summed E-state index contributed by atoms with van der Waals surface area (Å²) in [6, 6.07) is 0. The van der Waals surface area contributed by atoms with E-state index in [-0.39, 0.29) is 70.6 Å². The van der Waals surface area contributed by atoms with Crippen molar-refractivity contribution in [1.29, 1.82) is 0 Å². The minimum Gasteiger partial charge on any atom is -1.00 e. The second-order valence-corrected chi connectivity index (χ2v) is 0.283. The van der Waals surface area contributed by atoms with E-state index >= 15 is 0 Å². The van der Waals surface area contributed by atoms with Gasteiger partial charge in [-0.1, -0.05) is 0 Å². The molecule has 0 aliphatic heterocycles. The van der Waals surface area contributed by atoms with E-state index in [4.69, 9.17) is 15.0 Å². The molecule has 0 fully saturated rings. The molecule has 2 N–H and O–H groups in total. The molecule has 0 aliphatic rings. The van der Waals surface area contributed by atoms with Crippen LogP contribution < -0.4 is 18.9 Å². The van der Waals surface area contributed by atoms with Crippen molar-refractivity contribution in [3.8, 4) is 0 Å². The Bertz CT molecular complexity index is 46.8. The normalized spacial score (nSPS) is 3.00. The molecule has 0 aromatic rings. The maximum absolute atomic E-state index is 8.56. The zero-order valence-electron chi connectivity index (χ0n) is 4.81. The van der Waals surface area contributed by atoms with Crippen LogP contribution in [0.15, 0.2) is 0 Å². The Kier molecular flexibility index (Phi) is 102. The maximum Gasteiger partial charge on any atom is 1.00 e. The number of hydrogen-bond acceptors (Lipinski definition) is 1. The molecule has 0 saturated heterocycles. The molecule has 0 saturated carbocycles. The van der Waals surface area contributed by atoms with Crippen molar-refractivity contribution >= 4 is 6.16 Å². The number of carbonyl (C=O) groups is 1. The first kappa shape index (κ1) is 34.3. The summed E-state index contributed by atoms with van der Waals surface area (Å²) in [4.78, 5) is 8.56. The fourth-order valence-corrected chi connectivity index (χ4v) is 0. The molecule has 0 amide bonds. The van der Waals surface area contributed by atoms with Gasteiger partial charge in [0.15, 0.2) is 0 Å². The summed E-state index contributed by atoms with van der Waals surface area (Å²) in [5, 5.41) is 13.9. The third kappa shape index (κ3) is 157. The summed E-state index contributed by atoms with van der Waals surface area (Å²) in [6.07, 6.45) is -1.83. The van der Waals surface area contributed by atoms with Crippen LogP contribution in [0.25, 0.3) is 0 Å². The van der Waals surface area contributed by atoms with Gasteiger partial charge in [0.1, 0.15) is 0 Å². The van der Waals surface area contributed by atoms with E-state index < -0.39 is 6.16 Å². The molecule has 8 heavy (non-hydrogen) atoms. The average molecular weight is 243 g/mol. The van der Waals surface area contributed by atoms with Crippen LogP contribution in [-0.4, -0.2) is 16.4 Å². The minimum atomic E-state index is -1.83. The molecule has 0 rings (SSSR count). The van der Waals surface area contributed by atoms with Crippen LogP contribution in [0.1, 0.15) is 1.43 Å². The van der Waals surface area contributed by atoms with Crippen molar-refractivity contribution in [2.24, 2.45) is 0 Å². The molecule has 7 heteroatoms. The molecule has 0 aromatic carbocycles. The third-order valence-electron chi connectivity index (χ3n) is 0. The van der Waals surface area contributed by atoms with Gasteiger partial charge in [0, 0.05) is 50.3 Å². The van der Waals surface area contributed by atoms with Gasteiger partial charge in [0.25, 0.3) is 0 Å². The van der Waals surface area contributed by atoms with E-state index in [1.807, 2.05) is 0 Å². The van der Waals surface area contributed by atoms with Gasteiger partial charge in [0.2, 0.25) is 0 Å². The molecule has 0 aromatic heterocycles. The van der Waals surface area contributed by atoms with Crippen LogP contribution in [0.2, 0.25) is 0 Å². The monoisotopic (exact) mass is 243 g/mol. The number of hydrogen-bond donors (Lipinski definition) is 2. The third-order valence-corrected chi connectivity index (χ3v) is 0. The second-order valence-electron chi connectivity index (χ2n) is 0.283. The first-order valence-electron chi connectivity index (χ1n) is 0.651. The Morgan fingerprint density at radius 2 is 1.38 bits per heavy atom. The maximum atomic E-state index is 8.56. The van der Waals surface area contributed by atoms with Gasteiger partial charge in [-0.15, -0.1) is 0 Å². The zero-order valence-corrected chi connectivity index (χ0v) is 6.94. The van der Waals surface area contributed by atoms with Crippen LogP contribution in [0.5, 0.6) is 0 Å². The van der Waals surface area contributed by atoms with Crippen LogP contribution in [0, 0.1) is 0 Å². The van der Waals surface area contributed by atoms with Crippen molar-refractivity contribution in [1.82, 2.24) is 0 Å². The summed E-state index contributed by atoms with van der Waals surface area (Å²) in [5.41, 5.74) is 0. The first-order valence-corrected chi connectivity index (χ1v) is 0.651. The quantitative estimate of drug-likeness (QED) is 0.456. The predicted octanol–water partition coefficient (Wildman–Crippen LogP) is -2.67. The van der Waals surface area contributed by atoms with Crippen molar-refractivity contribution in [3.63, 3.8) is 0 Å². The van der Waals surface area contributed by atoms with Gasteiger partial charge in [-0.25, -0.2) is 4.79 Å². The molecular weight excluding hydrogens is 240 g/mol. The summed E-state index contributed by atoms with van der Waals surface area (Å²) in [5.74, 6) is 0. The Morgan fingerprint density at radius 3 is 1.38 bits per heavy atom. The Hall–Kier alpha value is 1.39. The van der Waals surface area contributed by atoms with Gasteiger partial charge >= 0.3 is 25.0 Å². The van der Waals surface area contributed by atoms with Crippen LogP contribution in [0.3, 0.4) is 0 Å². The van der Waals surface area contributed by atoms with Gasteiger partial charge in [-0.05, 0) is 0 Å². The Balaban J connectivity index is -0.00000000450.